The van der Waals surface area contributed by atoms with Gasteiger partial charge in [-0.3, -0.25) is 4.57 Å². The summed E-state index contributed by atoms with van der Waals surface area (Å²) >= 11 is 0. The summed E-state index contributed by atoms with van der Waals surface area (Å²) in [6.45, 7) is 2.94. The molecule has 0 saturated heterocycles. The predicted octanol–water partition coefficient (Wildman–Crippen LogP) is 1.19. The highest BCUT2D eigenvalue weighted by Crippen LogP contribution is 2.42. The second-order valence-corrected chi connectivity index (χ2v) is 4.51. The maximum absolute atomic E-state index is 10.7. The second-order valence-electron chi connectivity index (χ2n) is 2.00. The highest BCUT2D eigenvalue weighted by Gasteiger charge is 2.22. The van der Waals surface area contributed by atoms with Gasteiger partial charge in [0.1, 0.15) is 5.66 Å². The summed E-state index contributed by atoms with van der Waals surface area (Å²) in [6.07, 6.45) is 0.445. The molecule has 2 unspecified atom stereocenters. The molecular weight excluding hydrogens is 137 g/mol. The smallest absolute Gasteiger partial charge is 0.214 e. The van der Waals surface area contributed by atoms with E-state index >= 15 is 0 Å². The van der Waals surface area contributed by atoms with E-state index in [2.05, 4.69) is 0 Å². The van der Waals surface area contributed by atoms with E-state index in [1.807, 2.05) is 0 Å². The maximum Gasteiger partial charge on any atom is 0.214 e. The van der Waals surface area contributed by atoms with Crippen molar-refractivity contribution < 1.29 is 9.46 Å². The third-order valence-corrected chi connectivity index (χ3v) is 2.75. The zero-order valence-electron chi connectivity index (χ0n) is 5.53. The van der Waals surface area contributed by atoms with Crippen LogP contribution in [-0.4, -0.2) is 17.2 Å². The number of nitrogens with zero attached hydrogens (tertiary/aromatic N) is 1. The van der Waals surface area contributed by atoms with Gasteiger partial charge in [0.05, 0.1) is 6.07 Å². The lowest BCUT2D eigenvalue weighted by Gasteiger charge is -2.08. The quantitative estimate of drug-likeness (QED) is 0.596. The molecule has 0 aliphatic carbocycles. The molecule has 0 aromatic carbocycles. The average molecular weight is 147 g/mol. The van der Waals surface area contributed by atoms with Crippen molar-refractivity contribution in [3.63, 3.8) is 0 Å². The van der Waals surface area contributed by atoms with Crippen LogP contribution in [0.15, 0.2) is 0 Å². The van der Waals surface area contributed by atoms with Gasteiger partial charge in [-0.1, -0.05) is 6.92 Å². The zero-order chi connectivity index (χ0) is 7.49. The van der Waals surface area contributed by atoms with Crippen molar-refractivity contribution in [1.82, 2.24) is 0 Å². The Morgan fingerprint density at radius 1 is 1.89 bits per heavy atom. The standard InChI is InChI=1S/C5H10NO2P/c1-3-5(4-6)9(2,7)8/h5H,3H2,1-2H3,(H,7,8). The lowest BCUT2D eigenvalue weighted by Crippen LogP contribution is -2.01. The normalized spacial score (nSPS) is 19.8. The van der Waals surface area contributed by atoms with Crippen molar-refractivity contribution in [2.75, 3.05) is 6.66 Å². The van der Waals surface area contributed by atoms with Gasteiger partial charge in [-0.05, 0) is 6.42 Å². The van der Waals surface area contributed by atoms with E-state index in [1.54, 1.807) is 13.0 Å². The number of hydrogen-bond donors (Lipinski definition) is 1. The first-order chi connectivity index (χ1) is 4.02. The van der Waals surface area contributed by atoms with Gasteiger partial charge in [0.25, 0.3) is 0 Å². The minimum absolute atomic E-state index is 0.445. The van der Waals surface area contributed by atoms with Gasteiger partial charge >= 0.3 is 0 Å². The van der Waals surface area contributed by atoms with Crippen molar-refractivity contribution in [2.24, 2.45) is 0 Å². The molecule has 0 radical (unpaired) electrons. The van der Waals surface area contributed by atoms with Crippen molar-refractivity contribution in [2.45, 2.75) is 19.0 Å². The van der Waals surface area contributed by atoms with Gasteiger partial charge in [-0.2, -0.15) is 5.26 Å². The van der Waals surface area contributed by atoms with Crippen LogP contribution in [0.1, 0.15) is 13.3 Å². The van der Waals surface area contributed by atoms with E-state index in [4.69, 9.17) is 10.2 Å². The Morgan fingerprint density at radius 2 is 2.33 bits per heavy atom. The van der Waals surface area contributed by atoms with Gasteiger partial charge in [0, 0.05) is 6.66 Å². The van der Waals surface area contributed by atoms with Crippen LogP contribution in [0.5, 0.6) is 0 Å². The molecule has 0 spiro atoms. The summed E-state index contributed by atoms with van der Waals surface area (Å²) in [5.74, 6) is 0. The minimum atomic E-state index is -3.14. The fraction of sp³-hybridized carbons (Fsp3) is 0.800. The van der Waals surface area contributed by atoms with E-state index in [0.717, 1.165) is 0 Å². The summed E-state index contributed by atoms with van der Waals surface area (Å²) in [5.41, 5.74) is -0.683. The molecule has 0 aliphatic heterocycles. The van der Waals surface area contributed by atoms with Crippen molar-refractivity contribution in [3.05, 3.63) is 0 Å². The summed E-state index contributed by atoms with van der Waals surface area (Å²) in [4.78, 5) is 8.81. The van der Waals surface area contributed by atoms with Crippen LogP contribution >= 0.6 is 7.37 Å². The molecule has 4 heteroatoms. The topological polar surface area (TPSA) is 61.1 Å². The minimum Gasteiger partial charge on any atom is -0.344 e. The lowest BCUT2D eigenvalue weighted by molar-refractivity contribution is 0.476. The van der Waals surface area contributed by atoms with Gasteiger partial charge in [-0.15, -0.1) is 0 Å². The molecule has 0 aromatic rings. The maximum atomic E-state index is 10.7. The number of hydrogen-bond acceptors (Lipinski definition) is 2. The van der Waals surface area contributed by atoms with Crippen LogP contribution in [0.2, 0.25) is 0 Å². The summed E-state index contributed by atoms with van der Waals surface area (Å²) in [5, 5.41) is 8.28. The predicted molar refractivity (Wildman–Crippen MR) is 35.4 cm³/mol. The molecule has 0 fully saturated rings. The van der Waals surface area contributed by atoms with E-state index in [-0.39, 0.29) is 0 Å². The monoisotopic (exact) mass is 147 g/mol. The van der Waals surface area contributed by atoms with Crippen LogP contribution in [-0.2, 0) is 4.57 Å². The van der Waals surface area contributed by atoms with E-state index in [9.17, 15) is 4.57 Å². The Labute approximate surface area is 54.8 Å². The average Bonchev–Trinajstić information content (AvgIpc) is 1.65. The molecule has 0 rings (SSSR count). The molecule has 1 N–H and O–H groups in total. The highest BCUT2D eigenvalue weighted by atomic mass is 31.2. The largest absolute Gasteiger partial charge is 0.344 e. The zero-order valence-corrected chi connectivity index (χ0v) is 6.43. The van der Waals surface area contributed by atoms with Gasteiger partial charge in [-0.25, -0.2) is 0 Å². The first kappa shape index (κ1) is 8.68. The molecule has 3 nitrogen and oxygen atoms in total. The second kappa shape index (κ2) is 3.00. The SMILES string of the molecule is CCC(C#N)P(C)(=O)O. The molecular formula is C5H10NO2P. The molecule has 0 heterocycles. The van der Waals surface area contributed by atoms with E-state index in [1.165, 1.54) is 6.66 Å². The third kappa shape index (κ3) is 2.64. The van der Waals surface area contributed by atoms with Crippen molar-refractivity contribution >= 4 is 7.37 Å². The molecule has 0 aromatic heterocycles. The Morgan fingerprint density at radius 3 is 2.33 bits per heavy atom. The van der Waals surface area contributed by atoms with Crippen LogP contribution < -0.4 is 0 Å². The number of nitriles is 1. The Bertz CT molecular complexity index is 166. The molecule has 0 aliphatic rings. The van der Waals surface area contributed by atoms with Crippen LogP contribution in [0.3, 0.4) is 0 Å². The molecule has 0 saturated carbocycles. The number of rotatable bonds is 2. The fourth-order valence-electron chi connectivity index (χ4n) is 0.537. The highest BCUT2D eigenvalue weighted by molar-refractivity contribution is 7.58. The molecule has 0 bridgehead atoms. The summed E-state index contributed by atoms with van der Waals surface area (Å²) < 4.78 is 10.7. The van der Waals surface area contributed by atoms with Crippen LogP contribution in [0.25, 0.3) is 0 Å². The Balaban J connectivity index is 4.18. The fourth-order valence-corrected chi connectivity index (χ4v) is 1.43. The van der Waals surface area contributed by atoms with Crippen LogP contribution in [0.4, 0.5) is 0 Å². The lowest BCUT2D eigenvalue weighted by atomic mass is 10.4. The first-order valence-electron chi connectivity index (χ1n) is 2.72. The van der Waals surface area contributed by atoms with Gasteiger partial charge in [0.15, 0.2) is 0 Å². The summed E-state index contributed by atoms with van der Waals surface area (Å²) in [7, 11) is -3.14. The first-order valence-corrected chi connectivity index (χ1v) is 4.89. The molecule has 52 valence electrons. The van der Waals surface area contributed by atoms with Crippen LogP contribution in [0, 0.1) is 11.3 Å². The van der Waals surface area contributed by atoms with Crippen molar-refractivity contribution in [1.29, 1.82) is 5.26 Å². The molecule has 2 atom stereocenters. The van der Waals surface area contributed by atoms with E-state index < -0.39 is 13.0 Å². The summed E-state index contributed by atoms with van der Waals surface area (Å²) in [6, 6.07) is 1.78. The van der Waals surface area contributed by atoms with Gasteiger partial charge in [0.2, 0.25) is 7.37 Å². The third-order valence-electron chi connectivity index (χ3n) is 1.11. The Hall–Kier alpha value is -0.320. The van der Waals surface area contributed by atoms with Gasteiger partial charge < -0.3 is 4.89 Å². The van der Waals surface area contributed by atoms with E-state index in [0.29, 0.717) is 6.42 Å². The Kier molecular flexibility index (Phi) is 2.90. The molecule has 0 amide bonds. The molecule has 9 heavy (non-hydrogen) atoms. The van der Waals surface area contributed by atoms with Crippen molar-refractivity contribution in [3.8, 4) is 6.07 Å².